The number of rotatable bonds is 2. The molecule has 0 spiro atoms. The van der Waals surface area contributed by atoms with Gasteiger partial charge in [-0.1, -0.05) is 22.9 Å². The molecule has 3 rings (SSSR count). The van der Waals surface area contributed by atoms with Crippen molar-refractivity contribution in [1.82, 2.24) is 4.98 Å². The van der Waals surface area contributed by atoms with Crippen molar-refractivity contribution in [1.29, 1.82) is 0 Å². The van der Waals surface area contributed by atoms with Gasteiger partial charge in [-0.2, -0.15) is 0 Å². The number of hydrogen-bond donors (Lipinski definition) is 1. The topological polar surface area (TPSA) is 53.4 Å². The molecule has 0 bridgehead atoms. The first kappa shape index (κ1) is 11.7. The molecule has 1 aliphatic rings. The summed E-state index contributed by atoms with van der Waals surface area (Å²) in [6.07, 6.45) is 0. The molecule has 0 aliphatic carbocycles. The lowest BCUT2D eigenvalue weighted by Gasteiger charge is -2.36. The van der Waals surface area contributed by atoms with E-state index in [1.807, 2.05) is 24.0 Å². The van der Waals surface area contributed by atoms with Gasteiger partial charge < -0.3 is 10.0 Å². The van der Waals surface area contributed by atoms with Crippen molar-refractivity contribution < 1.29 is 9.90 Å². The lowest BCUT2D eigenvalue weighted by Crippen LogP contribution is -2.50. The summed E-state index contributed by atoms with van der Waals surface area (Å²) in [5.41, 5.74) is 2.01. The van der Waals surface area contributed by atoms with Gasteiger partial charge >= 0.3 is 5.97 Å². The second kappa shape index (κ2) is 4.10. The molecule has 1 aromatic heterocycles. The molecule has 6 heteroatoms. The first-order valence-electron chi connectivity index (χ1n) is 5.59. The predicted octanol–water partition coefficient (Wildman–Crippen LogP) is 2.78. The molecule has 1 aliphatic heterocycles. The van der Waals surface area contributed by atoms with Crippen molar-refractivity contribution in [2.24, 2.45) is 5.92 Å². The zero-order chi connectivity index (χ0) is 12.9. The van der Waals surface area contributed by atoms with E-state index in [1.165, 1.54) is 0 Å². The maximum absolute atomic E-state index is 10.8. The molecule has 1 N–H and O–H groups in total. The number of hydrogen-bond acceptors (Lipinski definition) is 4. The fraction of sp³-hybridized carbons (Fsp3) is 0.333. The van der Waals surface area contributed by atoms with Crippen molar-refractivity contribution >= 4 is 44.3 Å². The Morgan fingerprint density at radius 2 is 2.28 bits per heavy atom. The smallest absolute Gasteiger partial charge is 0.310 e. The maximum atomic E-state index is 10.8. The molecule has 18 heavy (non-hydrogen) atoms. The lowest BCUT2D eigenvalue weighted by atomic mass is 10.0. The molecule has 0 saturated carbocycles. The van der Waals surface area contributed by atoms with Crippen LogP contribution in [0.1, 0.15) is 5.56 Å². The number of carbonyl (C=O) groups is 1. The molecule has 1 fully saturated rings. The van der Waals surface area contributed by atoms with E-state index >= 15 is 0 Å². The zero-order valence-corrected chi connectivity index (χ0v) is 11.3. The van der Waals surface area contributed by atoms with Gasteiger partial charge in [0.15, 0.2) is 5.13 Å². The van der Waals surface area contributed by atoms with Crippen molar-refractivity contribution in [3.63, 3.8) is 0 Å². The molecule has 0 unspecified atom stereocenters. The number of fused-ring (bicyclic) bond motifs is 1. The second-order valence-corrected chi connectivity index (χ2v) is 5.95. The van der Waals surface area contributed by atoms with E-state index in [-0.39, 0.29) is 5.92 Å². The minimum absolute atomic E-state index is 0.262. The highest BCUT2D eigenvalue weighted by Gasteiger charge is 2.34. The first-order valence-corrected chi connectivity index (χ1v) is 6.78. The Balaban J connectivity index is 1.91. The van der Waals surface area contributed by atoms with E-state index in [9.17, 15) is 4.79 Å². The van der Waals surface area contributed by atoms with Crippen LogP contribution in [0.2, 0.25) is 5.02 Å². The van der Waals surface area contributed by atoms with Gasteiger partial charge in [0.25, 0.3) is 0 Å². The van der Waals surface area contributed by atoms with E-state index in [2.05, 4.69) is 4.98 Å². The van der Waals surface area contributed by atoms with Gasteiger partial charge in [0.2, 0.25) is 0 Å². The molecule has 0 amide bonds. The third-order valence-electron chi connectivity index (χ3n) is 3.14. The van der Waals surface area contributed by atoms with Crippen LogP contribution in [0.5, 0.6) is 0 Å². The Morgan fingerprint density at radius 1 is 1.56 bits per heavy atom. The summed E-state index contributed by atoms with van der Waals surface area (Å²) in [7, 11) is 0. The van der Waals surface area contributed by atoms with Gasteiger partial charge in [-0.05, 0) is 24.6 Å². The number of anilines is 1. The predicted molar refractivity (Wildman–Crippen MR) is 72.7 cm³/mol. The van der Waals surface area contributed by atoms with E-state index in [1.54, 1.807) is 11.3 Å². The molecular weight excluding hydrogens is 272 g/mol. The number of aromatic nitrogens is 1. The summed E-state index contributed by atoms with van der Waals surface area (Å²) in [4.78, 5) is 17.3. The summed E-state index contributed by atoms with van der Waals surface area (Å²) in [6.45, 7) is 3.07. The average molecular weight is 283 g/mol. The molecule has 2 heterocycles. The van der Waals surface area contributed by atoms with Crippen LogP contribution in [-0.2, 0) is 4.79 Å². The summed E-state index contributed by atoms with van der Waals surface area (Å²) in [5.74, 6) is -0.992. The van der Waals surface area contributed by atoms with E-state index in [0.717, 1.165) is 20.9 Å². The van der Waals surface area contributed by atoms with Crippen LogP contribution >= 0.6 is 22.9 Å². The highest BCUT2D eigenvalue weighted by molar-refractivity contribution is 7.22. The molecular formula is C12H11ClN2O2S. The minimum Gasteiger partial charge on any atom is -0.481 e. The van der Waals surface area contributed by atoms with Gasteiger partial charge in [-0.25, -0.2) is 4.98 Å². The number of halogens is 1. The number of carboxylic acids is 1. The van der Waals surface area contributed by atoms with E-state index < -0.39 is 5.97 Å². The third kappa shape index (κ3) is 1.83. The Kier molecular flexibility index (Phi) is 2.68. The largest absolute Gasteiger partial charge is 0.481 e. The van der Waals surface area contributed by atoms with Gasteiger partial charge in [0.05, 0.1) is 16.1 Å². The molecule has 2 aromatic rings. The van der Waals surface area contributed by atoms with Crippen molar-refractivity contribution in [3.8, 4) is 0 Å². The molecule has 4 nitrogen and oxygen atoms in total. The van der Waals surface area contributed by atoms with Crippen LogP contribution in [0.25, 0.3) is 10.2 Å². The molecule has 94 valence electrons. The van der Waals surface area contributed by atoms with Crippen molar-refractivity contribution in [2.75, 3.05) is 18.0 Å². The Hall–Kier alpha value is -1.33. The monoisotopic (exact) mass is 282 g/mol. The number of benzene rings is 1. The highest BCUT2D eigenvalue weighted by Crippen LogP contribution is 2.35. The standard InChI is InChI=1S/C12H11ClN2O2S/c1-6-2-8(13)3-9-10(6)14-12(18-9)15-4-7(5-15)11(16)17/h2-3,7H,4-5H2,1H3,(H,16,17). The number of aliphatic carboxylic acids is 1. The van der Waals surface area contributed by atoms with Crippen LogP contribution < -0.4 is 4.90 Å². The normalized spacial score (nSPS) is 16.0. The molecule has 1 aromatic carbocycles. The van der Waals surface area contributed by atoms with E-state index in [0.29, 0.717) is 18.1 Å². The quantitative estimate of drug-likeness (QED) is 0.920. The lowest BCUT2D eigenvalue weighted by molar-refractivity contribution is -0.142. The fourth-order valence-corrected chi connectivity index (χ4v) is 3.51. The van der Waals surface area contributed by atoms with Crippen LogP contribution in [0.4, 0.5) is 5.13 Å². The van der Waals surface area contributed by atoms with Crippen molar-refractivity contribution in [3.05, 3.63) is 22.7 Å². The van der Waals surface area contributed by atoms with Gasteiger partial charge in [0, 0.05) is 18.1 Å². The van der Waals surface area contributed by atoms with Crippen LogP contribution in [-0.4, -0.2) is 29.1 Å². The van der Waals surface area contributed by atoms with Gasteiger partial charge in [-0.3, -0.25) is 4.79 Å². The Labute approximate surface area is 113 Å². The minimum atomic E-state index is -0.730. The Bertz CT molecular complexity index is 634. The summed E-state index contributed by atoms with van der Waals surface area (Å²) >= 11 is 7.57. The zero-order valence-electron chi connectivity index (χ0n) is 9.68. The number of carboxylic acid groups (broad SMARTS) is 1. The number of nitrogens with zero attached hydrogens (tertiary/aromatic N) is 2. The van der Waals surface area contributed by atoms with Crippen LogP contribution in [0, 0.1) is 12.8 Å². The number of thiazole rings is 1. The third-order valence-corrected chi connectivity index (χ3v) is 4.42. The Morgan fingerprint density at radius 3 is 2.94 bits per heavy atom. The van der Waals surface area contributed by atoms with Crippen molar-refractivity contribution in [2.45, 2.75) is 6.92 Å². The van der Waals surface area contributed by atoms with Crippen LogP contribution in [0.15, 0.2) is 12.1 Å². The average Bonchev–Trinajstić information content (AvgIpc) is 2.58. The fourth-order valence-electron chi connectivity index (χ4n) is 2.07. The molecule has 0 atom stereocenters. The first-order chi connectivity index (χ1) is 8.54. The maximum Gasteiger partial charge on any atom is 0.310 e. The highest BCUT2D eigenvalue weighted by atomic mass is 35.5. The molecule has 1 saturated heterocycles. The SMILES string of the molecule is Cc1cc(Cl)cc2sc(N3CC(C(=O)O)C3)nc12. The van der Waals surface area contributed by atoms with Crippen LogP contribution in [0.3, 0.4) is 0 Å². The van der Waals surface area contributed by atoms with Gasteiger partial charge in [0.1, 0.15) is 0 Å². The summed E-state index contributed by atoms with van der Waals surface area (Å²) in [5, 5.41) is 10.4. The second-order valence-electron chi connectivity index (χ2n) is 4.51. The summed E-state index contributed by atoms with van der Waals surface area (Å²) < 4.78 is 1.05. The van der Waals surface area contributed by atoms with E-state index in [4.69, 9.17) is 16.7 Å². The number of aryl methyl sites for hydroxylation is 1. The van der Waals surface area contributed by atoms with Gasteiger partial charge in [-0.15, -0.1) is 0 Å². The summed E-state index contributed by atoms with van der Waals surface area (Å²) in [6, 6.07) is 3.79. The molecule has 0 radical (unpaired) electrons.